The molecule has 2 atom stereocenters. The molecule has 1 aromatic carbocycles. The number of hydrogen-bond acceptors (Lipinski definition) is 5. The van der Waals surface area contributed by atoms with Gasteiger partial charge in [0.05, 0.1) is 27.2 Å². The molecular weight excluding hydrogens is 390 g/mol. The number of amides is 1. The molecular formula is C21H33N3O4S. The molecule has 29 heavy (non-hydrogen) atoms. The van der Waals surface area contributed by atoms with Gasteiger partial charge in [0, 0.05) is 32.1 Å². The minimum absolute atomic E-state index is 0.0399. The van der Waals surface area contributed by atoms with Crippen LogP contribution in [0.15, 0.2) is 12.1 Å². The molecule has 0 saturated carbocycles. The Balaban J connectivity index is 2.36. The molecule has 0 aromatic heterocycles. The molecule has 8 heteroatoms. The second-order valence-electron chi connectivity index (χ2n) is 7.06. The Hall–Kier alpha value is -2.22. The van der Waals surface area contributed by atoms with Crippen LogP contribution in [0.3, 0.4) is 0 Å². The van der Waals surface area contributed by atoms with Crippen molar-refractivity contribution < 1.29 is 19.0 Å². The number of nitrogens with zero attached hydrogens (tertiary/aromatic N) is 1. The van der Waals surface area contributed by atoms with Gasteiger partial charge < -0.3 is 29.7 Å². The molecule has 162 valence electrons. The SMILES string of the molecule is CCCCNC(=O)[C@@H]1CN(C(=S)NCC)C[C@@H]1c1cc(OC)c(OC)c(OC)c1. The third kappa shape index (κ3) is 5.44. The number of methoxy groups -OCH3 is 3. The standard InChI is InChI=1S/C21H33N3O4S/c1-6-8-9-23-20(25)16-13-24(21(29)22-7-2)12-15(16)14-10-17(26-3)19(28-5)18(11-14)27-4/h10-11,15-16H,6-9,12-13H2,1-5H3,(H,22,29)(H,23,25)/t15-,16-/m1/s1. The molecule has 1 aliphatic rings. The quantitative estimate of drug-likeness (QED) is 0.467. The zero-order valence-corrected chi connectivity index (χ0v) is 18.9. The predicted molar refractivity (Wildman–Crippen MR) is 118 cm³/mol. The van der Waals surface area contributed by atoms with Crippen LogP contribution in [0, 0.1) is 5.92 Å². The number of nitrogens with one attached hydrogen (secondary N) is 2. The fourth-order valence-corrected chi connectivity index (χ4v) is 3.96. The summed E-state index contributed by atoms with van der Waals surface area (Å²) in [6, 6.07) is 3.86. The Morgan fingerprint density at radius 1 is 1.10 bits per heavy atom. The zero-order valence-electron chi connectivity index (χ0n) is 18.0. The first-order chi connectivity index (χ1) is 14.0. The highest BCUT2D eigenvalue weighted by Crippen LogP contribution is 2.43. The number of rotatable bonds is 9. The number of unbranched alkanes of at least 4 members (excludes halogenated alkanes) is 1. The Kier molecular flexibility index (Phi) is 8.82. The first-order valence-electron chi connectivity index (χ1n) is 10.1. The van der Waals surface area contributed by atoms with Gasteiger partial charge in [-0.3, -0.25) is 4.79 Å². The van der Waals surface area contributed by atoms with Gasteiger partial charge in [-0.2, -0.15) is 0 Å². The van der Waals surface area contributed by atoms with Crippen molar-refractivity contribution in [2.45, 2.75) is 32.6 Å². The van der Waals surface area contributed by atoms with Crippen molar-refractivity contribution >= 4 is 23.2 Å². The Labute approximate surface area is 179 Å². The maximum atomic E-state index is 13.0. The third-order valence-electron chi connectivity index (χ3n) is 5.22. The van der Waals surface area contributed by atoms with Gasteiger partial charge in [-0.15, -0.1) is 0 Å². The van der Waals surface area contributed by atoms with E-state index in [1.54, 1.807) is 21.3 Å². The molecule has 1 saturated heterocycles. The summed E-state index contributed by atoms with van der Waals surface area (Å²) in [4.78, 5) is 15.0. The molecule has 1 fully saturated rings. The second-order valence-corrected chi connectivity index (χ2v) is 7.44. The van der Waals surface area contributed by atoms with E-state index in [-0.39, 0.29) is 17.7 Å². The molecule has 0 bridgehead atoms. The first-order valence-corrected chi connectivity index (χ1v) is 10.5. The van der Waals surface area contributed by atoms with Crippen molar-refractivity contribution in [1.82, 2.24) is 15.5 Å². The lowest BCUT2D eigenvalue weighted by Crippen LogP contribution is -2.39. The average Bonchev–Trinajstić information content (AvgIpc) is 3.18. The van der Waals surface area contributed by atoms with E-state index < -0.39 is 0 Å². The predicted octanol–water partition coefficient (Wildman–Crippen LogP) is 2.54. The Morgan fingerprint density at radius 2 is 1.76 bits per heavy atom. The van der Waals surface area contributed by atoms with E-state index in [1.165, 1.54) is 0 Å². The molecule has 1 amide bonds. The highest BCUT2D eigenvalue weighted by molar-refractivity contribution is 7.80. The van der Waals surface area contributed by atoms with Gasteiger partial charge in [0.2, 0.25) is 11.7 Å². The van der Waals surface area contributed by atoms with Crippen molar-refractivity contribution in [2.24, 2.45) is 5.92 Å². The lowest BCUT2D eigenvalue weighted by atomic mass is 9.88. The maximum absolute atomic E-state index is 13.0. The summed E-state index contributed by atoms with van der Waals surface area (Å²) >= 11 is 5.51. The third-order valence-corrected chi connectivity index (χ3v) is 5.62. The van der Waals surface area contributed by atoms with E-state index in [4.69, 9.17) is 26.4 Å². The number of thiocarbonyl (C=S) groups is 1. The zero-order chi connectivity index (χ0) is 21.4. The monoisotopic (exact) mass is 423 g/mol. The normalized spacial score (nSPS) is 18.3. The summed E-state index contributed by atoms with van der Waals surface area (Å²) in [6.45, 7) is 6.77. The molecule has 1 aliphatic heterocycles. The Bertz CT molecular complexity index is 688. The van der Waals surface area contributed by atoms with Gasteiger partial charge in [-0.05, 0) is 43.3 Å². The minimum Gasteiger partial charge on any atom is -0.493 e. The van der Waals surface area contributed by atoms with Crippen LogP contribution >= 0.6 is 12.2 Å². The summed E-state index contributed by atoms with van der Waals surface area (Å²) in [5.74, 6) is 1.51. The van der Waals surface area contributed by atoms with E-state index in [9.17, 15) is 4.79 Å². The van der Waals surface area contributed by atoms with Gasteiger partial charge >= 0.3 is 0 Å². The van der Waals surface area contributed by atoms with E-state index in [0.717, 1.165) is 24.9 Å². The second kappa shape index (κ2) is 11.1. The number of hydrogen-bond donors (Lipinski definition) is 2. The molecule has 7 nitrogen and oxygen atoms in total. The first kappa shape index (κ1) is 23.1. The van der Waals surface area contributed by atoms with E-state index >= 15 is 0 Å². The van der Waals surface area contributed by atoms with Crippen LogP contribution in [-0.2, 0) is 4.79 Å². The van der Waals surface area contributed by atoms with Crippen LogP contribution in [0.25, 0.3) is 0 Å². The molecule has 0 aliphatic carbocycles. The Morgan fingerprint density at radius 3 is 2.28 bits per heavy atom. The molecule has 2 rings (SSSR count). The lowest BCUT2D eigenvalue weighted by Gasteiger charge is -2.21. The number of carbonyl (C=O) groups is 1. The van der Waals surface area contributed by atoms with Gasteiger partial charge in [0.15, 0.2) is 16.6 Å². The highest BCUT2D eigenvalue weighted by Gasteiger charge is 2.40. The summed E-state index contributed by atoms with van der Waals surface area (Å²) < 4.78 is 16.5. The van der Waals surface area contributed by atoms with Crippen molar-refractivity contribution in [3.05, 3.63) is 17.7 Å². The average molecular weight is 424 g/mol. The summed E-state index contributed by atoms with van der Waals surface area (Å²) in [7, 11) is 4.77. The van der Waals surface area contributed by atoms with Crippen LogP contribution < -0.4 is 24.8 Å². The van der Waals surface area contributed by atoms with Crippen molar-refractivity contribution in [2.75, 3.05) is 47.5 Å². The molecule has 1 aromatic rings. The van der Waals surface area contributed by atoms with Crippen molar-refractivity contribution in [3.8, 4) is 17.2 Å². The number of carbonyl (C=O) groups excluding carboxylic acids is 1. The minimum atomic E-state index is -0.216. The van der Waals surface area contributed by atoms with Crippen molar-refractivity contribution in [1.29, 1.82) is 0 Å². The fourth-order valence-electron chi connectivity index (χ4n) is 3.67. The summed E-state index contributed by atoms with van der Waals surface area (Å²) in [6.07, 6.45) is 2.00. The van der Waals surface area contributed by atoms with Gasteiger partial charge in [0.1, 0.15) is 0 Å². The van der Waals surface area contributed by atoms with Crippen molar-refractivity contribution in [3.63, 3.8) is 0 Å². The molecule has 0 spiro atoms. The maximum Gasteiger partial charge on any atom is 0.225 e. The lowest BCUT2D eigenvalue weighted by molar-refractivity contribution is -0.124. The largest absolute Gasteiger partial charge is 0.493 e. The summed E-state index contributed by atoms with van der Waals surface area (Å²) in [5, 5.41) is 6.95. The number of benzene rings is 1. The van der Waals surface area contributed by atoms with Crippen LogP contribution in [0.1, 0.15) is 38.2 Å². The molecule has 0 unspecified atom stereocenters. The van der Waals surface area contributed by atoms with Crippen LogP contribution in [0.2, 0.25) is 0 Å². The van der Waals surface area contributed by atoms with E-state index in [0.29, 0.717) is 42.0 Å². The van der Waals surface area contributed by atoms with Gasteiger partial charge in [-0.1, -0.05) is 13.3 Å². The smallest absolute Gasteiger partial charge is 0.225 e. The van der Waals surface area contributed by atoms with Gasteiger partial charge in [0.25, 0.3) is 0 Å². The molecule has 1 heterocycles. The number of likely N-dealkylation sites (tertiary alicyclic amines) is 1. The molecule has 0 radical (unpaired) electrons. The fraction of sp³-hybridized carbons (Fsp3) is 0.619. The van der Waals surface area contributed by atoms with Crippen LogP contribution in [-0.4, -0.2) is 63.4 Å². The van der Waals surface area contributed by atoms with Crippen LogP contribution in [0.5, 0.6) is 17.2 Å². The van der Waals surface area contributed by atoms with Gasteiger partial charge in [-0.25, -0.2) is 0 Å². The van der Waals surface area contributed by atoms with E-state index in [1.807, 2.05) is 19.1 Å². The molecule has 2 N–H and O–H groups in total. The summed E-state index contributed by atoms with van der Waals surface area (Å²) in [5.41, 5.74) is 0.969. The van der Waals surface area contributed by atoms with Crippen LogP contribution in [0.4, 0.5) is 0 Å². The number of ether oxygens (including phenoxy) is 3. The highest BCUT2D eigenvalue weighted by atomic mass is 32.1. The topological polar surface area (TPSA) is 72.1 Å². The van der Waals surface area contributed by atoms with E-state index in [2.05, 4.69) is 22.5 Å².